The summed E-state index contributed by atoms with van der Waals surface area (Å²) in [5, 5.41) is 20.9. The molecule has 114 valence electrons. The van der Waals surface area contributed by atoms with Crippen molar-refractivity contribution >= 4 is 15.9 Å². The molecule has 0 spiro atoms. The van der Waals surface area contributed by atoms with Crippen LogP contribution in [0.15, 0.2) is 0 Å². The Morgan fingerprint density at radius 2 is 1.79 bits per heavy atom. The quantitative estimate of drug-likeness (QED) is 0.433. The second-order valence-electron chi connectivity index (χ2n) is 4.60. The van der Waals surface area contributed by atoms with Crippen LogP contribution in [0.1, 0.15) is 33.6 Å². The molecular formula is C11H24N2O5S. The summed E-state index contributed by atoms with van der Waals surface area (Å²) in [5.74, 6) is -0.631. The summed E-state index contributed by atoms with van der Waals surface area (Å²) in [6, 6.07) is -0.958. The molecule has 19 heavy (non-hydrogen) atoms. The van der Waals surface area contributed by atoms with E-state index >= 15 is 0 Å². The van der Waals surface area contributed by atoms with Gasteiger partial charge >= 0.3 is 0 Å². The third-order valence-electron chi connectivity index (χ3n) is 2.89. The fourth-order valence-electron chi connectivity index (χ4n) is 1.46. The van der Waals surface area contributed by atoms with Crippen LogP contribution >= 0.6 is 0 Å². The maximum absolute atomic E-state index is 11.9. The van der Waals surface area contributed by atoms with E-state index < -0.39 is 40.7 Å². The van der Waals surface area contributed by atoms with Crippen molar-refractivity contribution in [3.8, 4) is 0 Å². The van der Waals surface area contributed by atoms with Gasteiger partial charge in [0.25, 0.3) is 0 Å². The fraction of sp³-hybridized carbons (Fsp3) is 0.909. The molecule has 1 atom stereocenters. The maximum Gasteiger partial charge on any atom is 0.238 e. The lowest BCUT2D eigenvalue weighted by molar-refractivity contribution is -0.125. The van der Waals surface area contributed by atoms with E-state index in [0.29, 0.717) is 12.8 Å². The van der Waals surface area contributed by atoms with E-state index in [1.165, 1.54) is 6.92 Å². The number of nitrogens with one attached hydrogen (secondary N) is 2. The van der Waals surface area contributed by atoms with Crippen LogP contribution in [0.5, 0.6) is 0 Å². The molecule has 8 heteroatoms. The zero-order valence-corrected chi connectivity index (χ0v) is 12.5. The lowest BCUT2D eigenvalue weighted by atomic mass is 9.98. The van der Waals surface area contributed by atoms with E-state index in [1.54, 1.807) is 13.8 Å². The third-order valence-corrected chi connectivity index (χ3v) is 4.55. The third kappa shape index (κ3) is 5.85. The molecule has 0 radical (unpaired) electrons. The Morgan fingerprint density at radius 3 is 2.16 bits per heavy atom. The predicted molar refractivity (Wildman–Crippen MR) is 72.0 cm³/mol. The SMILES string of the molecule is CCCS(=O)(=O)NC(C)C(=O)NC(CC)(CO)CO. The van der Waals surface area contributed by atoms with Crippen molar-refractivity contribution in [2.24, 2.45) is 0 Å². The standard InChI is InChI=1S/C11H24N2O5S/c1-4-6-19(17,18)13-9(3)10(16)12-11(5-2,7-14)8-15/h9,13-15H,4-8H2,1-3H3,(H,12,16). The van der Waals surface area contributed by atoms with Crippen LogP contribution in [0.3, 0.4) is 0 Å². The van der Waals surface area contributed by atoms with Gasteiger partial charge in [-0.3, -0.25) is 4.79 Å². The lowest BCUT2D eigenvalue weighted by Crippen LogP contribution is -2.58. The summed E-state index contributed by atoms with van der Waals surface area (Å²) < 4.78 is 25.3. The zero-order chi connectivity index (χ0) is 15.1. The van der Waals surface area contributed by atoms with E-state index in [9.17, 15) is 23.4 Å². The second kappa shape index (κ2) is 7.78. The van der Waals surface area contributed by atoms with Crippen molar-refractivity contribution in [1.29, 1.82) is 0 Å². The van der Waals surface area contributed by atoms with Crippen molar-refractivity contribution in [2.45, 2.75) is 45.2 Å². The molecule has 1 amide bonds. The van der Waals surface area contributed by atoms with Gasteiger partial charge in [0.2, 0.25) is 15.9 Å². The molecule has 0 aliphatic heterocycles. The van der Waals surface area contributed by atoms with E-state index in [1.807, 2.05) is 0 Å². The van der Waals surface area contributed by atoms with E-state index in [0.717, 1.165) is 0 Å². The number of carbonyl (C=O) groups excluding carboxylic acids is 1. The Kier molecular flexibility index (Phi) is 7.50. The number of aliphatic hydroxyl groups is 2. The van der Waals surface area contributed by atoms with Crippen LogP contribution in [-0.2, 0) is 14.8 Å². The van der Waals surface area contributed by atoms with Gasteiger partial charge in [-0.15, -0.1) is 0 Å². The Balaban J connectivity index is 4.67. The van der Waals surface area contributed by atoms with Gasteiger partial charge in [-0.2, -0.15) is 0 Å². The number of hydrogen-bond donors (Lipinski definition) is 4. The Bertz CT molecular complexity index is 370. The molecule has 4 N–H and O–H groups in total. The zero-order valence-electron chi connectivity index (χ0n) is 11.6. The number of aliphatic hydroxyl groups excluding tert-OH is 2. The largest absolute Gasteiger partial charge is 0.394 e. The molecule has 0 rings (SSSR count). The normalized spacial score (nSPS) is 14.2. The van der Waals surface area contributed by atoms with Gasteiger partial charge in [-0.05, 0) is 19.8 Å². The minimum atomic E-state index is -3.49. The molecule has 0 aromatic carbocycles. The monoisotopic (exact) mass is 296 g/mol. The van der Waals surface area contributed by atoms with Gasteiger partial charge in [0.1, 0.15) is 0 Å². The molecule has 0 saturated carbocycles. The molecule has 0 heterocycles. The highest BCUT2D eigenvalue weighted by molar-refractivity contribution is 7.89. The number of amides is 1. The van der Waals surface area contributed by atoms with Crippen molar-refractivity contribution in [2.75, 3.05) is 19.0 Å². The molecular weight excluding hydrogens is 272 g/mol. The van der Waals surface area contributed by atoms with Gasteiger partial charge in [-0.25, -0.2) is 13.1 Å². The first-order valence-corrected chi connectivity index (χ1v) is 7.94. The molecule has 0 aliphatic carbocycles. The fourth-order valence-corrected chi connectivity index (χ4v) is 2.76. The molecule has 7 nitrogen and oxygen atoms in total. The van der Waals surface area contributed by atoms with Crippen LogP contribution in [0, 0.1) is 0 Å². The first-order chi connectivity index (χ1) is 8.75. The number of carbonyl (C=O) groups is 1. The van der Waals surface area contributed by atoms with Crippen molar-refractivity contribution in [3.63, 3.8) is 0 Å². The molecule has 0 saturated heterocycles. The lowest BCUT2D eigenvalue weighted by Gasteiger charge is -2.31. The average Bonchev–Trinajstić information content (AvgIpc) is 2.35. The van der Waals surface area contributed by atoms with Crippen LogP contribution < -0.4 is 10.0 Å². The Morgan fingerprint density at radius 1 is 1.26 bits per heavy atom. The Labute approximate surface area is 114 Å². The van der Waals surface area contributed by atoms with Gasteiger partial charge in [-0.1, -0.05) is 13.8 Å². The minimum absolute atomic E-state index is 0.0520. The highest BCUT2D eigenvalue weighted by Crippen LogP contribution is 2.08. The molecule has 0 aromatic rings. The van der Waals surface area contributed by atoms with Gasteiger partial charge in [0.15, 0.2) is 0 Å². The van der Waals surface area contributed by atoms with Crippen molar-refractivity contribution in [1.82, 2.24) is 10.0 Å². The van der Waals surface area contributed by atoms with Crippen molar-refractivity contribution in [3.05, 3.63) is 0 Å². The minimum Gasteiger partial charge on any atom is -0.394 e. The van der Waals surface area contributed by atoms with Crippen molar-refractivity contribution < 1.29 is 23.4 Å². The van der Waals surface area contributed by atoms with Gasteiger partial charge < -0.3 is 15.5 Å². The molecule has 0 fully saturated rings. The summed E-state index contributed by atoms with van der Waals surface area (Å²) in [6.07, 6.45) is 0.788. The summed E-state index contributed by atoms with van der Waals surface area (Å²) in [6.45, 7) is 4.01. The summed E-state index contributed by atoms with van der Waals surface area (Å²) in [7, 11) is -3.49. The molecule has 0 aliphatic rings. The molecule has 0 bridgehead atoms. The van der Waals surface area contributed by atoms with E-state index in [2.05, 4.69) is 10.0 Å². The topological polar surface area (TPSA) is 116 Å². The molecule has 1 unspecified atom stereocenters. The highest BCUT2D eigenvalue weighted by Gasteiger charge is 2.31. The molecule has 0 aromatic heterocycles. The van der Waals surface area contributed by atoms with Crippen LogP contribution in [0.25, 0.3) is 0 Å². The van der Waals surface area contributed by atoms with Crippen LogP contribution in [-0.4, -0.2) is 55.1 Å². The smallest absolute Gasteiger partial charge is 0.238 e. The predicted octanol–water partition coefficient (Wildman–Crippen LogP) is -1.05. The maximum atomic E-state index is 11.9. The first kappa shape index (κ1) is 18.3. The number of hydrogen-bond acceptors (Lipinski definition) is 5. The van der Waals surface area contributed by atoms with E-state index in [4.69, 9.17) is 0 Å². The summed E-state index contributed by atoms with van der Waals surface area (Å²) in [4.78, 5) is 11.9. The summed E-state index contributed by atoms with van der Waals surface area (Å²) >= 11 is 0. The van der Waals surface area contributed by atoms with Gasteiger partial charge in [0.05, 0.1) is 30.5 Å². The van der Waals surface area contributed by atoms with Crippen LogP contribution in [0.4, 0.5) is 0 Å². The van der Waals surface area contributed by atoms with Crippen LogP contribution in [0.2, 0.25) is 0 Å². The van der Waals surface area contributed by atoms with Gasteiger partial charge in [0, 0.05) is 0 Å². The Hall–Kier alpha value is -0.700. The second-order valence-corrected chi connectivity index (χ2v) is 6.47. The average molecular weight is 296 g/mol. The number of sulfonamides is 1. The van der Waals surface area contributed by atoms with E-state index in [-0.39, 0.29) is 5.75 Å². The summed E-state index contributed by atoms with van der Waals surface area (Å²) in [5.41, 5.74) is -1.12. The highest BCUT2D eigenvalue weighted by atomic mass is 32.2. The first-order valence-electron chi connectivity index (χ1n) is 6.29. The number of rotatable bonds is 9.